The van der Waals surface area contributed by atoms with E-state index in [1.807, 2.05) is 24.3 Å². The Kier molecular flexibility index (Phi) is 4.94. The third-order valence-corrected chi connectivity index (χ3v) is 2.39. The summed E-state index contributed by atoms with van der Waals surface area (Å²) in [6.45, 7) is 4.70. The monoisotopic (exact) mass is 212 g/mol. The van der Waals surface area contributed by atoms with Crippen molar-refractivity contribution in [3.63, 3.8) is 0 Å². The van der Waals surface area contributed by atoms with Crippen molar-refractivity contribution < 1.29 is 0 Å². The van der Waals surface area contributed by atoms with Crippen molar-refractivity contribution in [3.05, 3.63) is 34.9 Å². The second kappa shape index (κ2) is 6.02. The maximum absolute atomic E-state index is 5.78. The topological polar surface area (TPSA) is 38.0 Å². The van der Waals surface area contributed by atoms with Gasteiger partial charge in [-0.05, 0) is 36.7 Å². The molecule has 3 heteroatoms. The number of benzene rings is 1. The Morgan fingerprint density at radius 1 is 1.36 bits per heavy atom. The van der Waals surface area contributed by atoms with Crippen molar-refractivity contribution in [2.75, 3.05) is 13.1 Å². The standard InChI is InChI=1S/C11H17ClN2/c1-9(6-13)7-14-8-10-2-4-11(12)5-3-10/h2-5,9,14H,6-8,13H2,1H3. The molecule has 0 aliphatic heterocycles. The molecule has 1 rings (SSSR count). The van der Waals surface area contributed by atoms with E-state index in [1.165, 1.54) is 5.56 Å². The van der Waals surface area contributed by atoms with Gasteiger partial charge in [-0.15, -0.1) is 0 Å². The molecule has 0 fully saturated rings. The van der Waals surface area contributed by atoms with Crippen LogP contribution in [0.2, 0.25) is 5.02 Å². The quantitative estimate of drug-likeness (QED) is 0.784. The van der Waals surface area contributed by atoms with Gasteiger partial charge in [0.15, 0.2) is 0 Å². The van der Waals surface area contributed by atoms with Crippen molar-refractivity contribution in [3.8, 4) is 0 Å². The van der Waals surface area contributed by atoms with Gasteiger partial charge in [0.2, 0.25) is 0 Å². The Labute approximate surface area is 90.4 Å². The summed E-state index contributed by atoms with van der Waals surface area (Å²) in [5.41, 5.74) is 6.76. The molecule has 1 atom stereocenters. The van der Waals surface area contributed by atoms with Crippen molar-refractivity contribution in [1.29, 1.82) is 0 Å². The van der Waals surface area contributed by atoms with Gasteiger partial charge in [-0.1, -0.05) is 30.7 Å². The van der Waals surface area contributed by atoms with Gasteiger partial charge in [0.25, 0.3) is 0 Å². The molecule has 78 valence electrons. The summed E-state index contributed by atoms with van der Waals surface area (Å²) in [7, 11) is 0. The first-order valence-corrected chi connectivity index (χ1v) is 5.25. The van der Waals surface area contributed by atoms with E-state index in [-0.39, 0.29) is 0 Å². The molecule has 1 unspecified atom stereocenters. The van der Waals surface area contributed by atoms with E-state index in [4.69, 9.17) is 17.3 Å². The molecule has 1 aromatic carbocycles. The zero-order valence-electron chi connectivity index (χ0n) is 8.46. The first kappa shape index (κ1) is 11.5. The molecule has 0 radical (unpaired) electrons. The summed E-state index contributed by atoms with van der Waals surface area (Å²) in [5.74, 6) is 0.530. The maximum Gasteiger partial charge on any atom is 0.0406 e. The van der Waals surface area contributed by atoms with E-state index >= 15 is 0 Å². The Bertz CT molecular complexity index is 258. The zero-order chi connectivity index (χ0) is 10.4. The largest absolute Gasteiger partial charge is 0.330 e. The lowest BCUT2D eigenvalue weighted by Gasteiger charge is -2.09. The summed E-state index contributed by atoms with van der Waals surface area (Å²) in [6.07, 6.45) is 0. The molecule has 14 heavy (non-hydrogen) atoms. The van der Waals surface area contributed by atoms with Crippen LogP contribution in [-0.4, -0.2) is 13.1 Å². The van der Waals surface area contributed by atoms with Crippen LogP contribution in [0.5, 0.6) is 0 Å². The van der Waals surface area contributed by atoms with Gasteiger partial charge in [0.1, 0.15) is 0 Å². The molecule has 0 spiro atoms. The molecule has 0 aliphatic rings. The molecule has 2 nitrogen and oxygen atoms in total. The zero-order valence-corrected chi connectivity index (χ0v) is 9.22. The minimum absolute atomic E-state index is 0.530. The predicted molar refractivity (Wildman–Crippen MR) is 61.4 cm³/mol. The molecule has 0 saturated carbocycles. The van der Waals surface area contributed by atoms with Crippen LogP contribution in [0.15, 0.2) is 24.3 Å². The summed E-state index contributed by atoms with van der Waals surface area (Å²) in [5, 5.41) is 4.13. The fraction of sp³-hybridized carbons (Fsp3) is 0.455. The lowest BCUT2D eigenvalue weighted by molar-refractivity contribution is 0.522. The average Bonchev–Trinajstić information content (AvgIpc) is 2.21. The Morgan fingerprint density at radius 3 is 2.57 bits per heavy atom. The fourth-order valence-electron chi connectivity index (χ4n) is 1.15. The smallest absolute Gasteiger partial charge is 0.0406 e. The van der Waals surface area contributed by atoms with Crippen LogP contribution in [0.3, 0.4) is 0 Å². The molecule has 0 aliphatic carbocycles. The van der Waals surface area contributed by atoms with Gasteiger partial charge >= 0.3 is 0 Å². The van der Waals surface area contributed by atoms with Crippen LogP contribution in [0.25, 0.3) is 0 Å². The normalized spacial score (nSPS) is 12.8. The van der Waals surface area contributed by atoms with E-state index in [2.05, 4.69) is 12.2 Å². The predicted octanol–water partition coefficient (Wildman–Crippen LogP) is 2.02. The highest BCUT2D eigenvalue weighted by atomic mass is 35.5. The molecule has 0 aromatic heterocycles. The van der Waals surface area contributed by atoms with E-state index in [1.54, 1.807) is 0 Å². The molecule has 3 N–H and O–H groups in total. The van der Waals surface area contributed by atoms with E-state index < -0.39 is 0 Å². The molecular weight excluding hydrogens is 196 g/mol. The van der Waals surface area contributed by atoms with E-state index in [0.29, 0.717) is 5.92 Å². The van der Waals surface area contributed by atoms with Crippen molar-refractivity contribution in [2.24, 2.45) is 11.7 Å². The Morgan fingerprint density at radius 2 is 2.00 bits per heavy atom. The van der Waals surface area contributed by atoms with Crippen LogP contribution in [0.1, 0.15) is 12.5 Å². The lowest BCUT2D eigenvalue weighted by Crippen LogP contribution is -2.25. The highest BCUT2D eigenvalue weighted by Crippen LogP contribution is 2.09. The number of halogens is 1. The third-order valence-electron chi connectivity index (χ3n) is 2.14. The first-order valence-electron chi connectivity index (χ1n) is 4.87. The summed E-state index contributed by atoms with van der Waals surface area (Å²) < 4.78 is 0. The molecule has 0 amide bonds. The molecule has 0 bridgehead atoms. The van der Waals surface area contributed by atoms with Gasteiger partial charge in [0.05, 0.1) is 0 Å². The Hall–Kier alpha value is -0.570. The van der Waals surface area contributed by atoms with Gasteiger partial charge in [-0.3, -0.25) is 0 Å². The van der Waals surface area contributed by atoms with E-state index in [0.717, 1.165) is 24.7 Å². The minimum atomic E-state index is 0.530. The van der Waals surface area contributed by atoms with Gasteiger partial charge in [-0.25, -0.2) is 0 Å². The van der Waals surface area contributed by atoms with Gasteiger partial charge in [0, 0.05) is 11.6 Å². The van der Waals surface area contributed by atoms with Crippen LogP contribution >= 0.6 is 11.6 Å². The number of nitrogens with one attached hydrogen (secondary N) is 1. The highest BCUT2D eigenvalue weighted by Gasteiger charge is 1.98. The van der Waals surface area contributed by atoms with Crippen molar-refractivity contribution in [2.45, 2.75) is 13.5 Å². The summed E-state index contributed by atoms with van der Waals surface area (Å²) in [4.78, 5) is 0. The first-order chi connectivity index (χ1) is 6.72. The molecule has 0 heterocycles. The van der Waals surface area contributed by atoms with Crippen LogP contribution < -0.4 is 11.1 Å². The number of rotatable bonds is 5. The van der Waals surface area contributed by atoms with Crippen molar-refractivity contribution >= 4 is 11.6 Å². The van der Waals surface area contributed by atoms with Crippen LogP contribution in [0, 0.1) is 5.92 Å². The minimum Gasteiger partial charge on any atom is -0.330 e. The summed E-state index contributed by atoms with van der Waals surface area (Å²) in [6, 6.07) is 7.88. The Balaban J connectivity index is 2.28. The lowest BCUT2D eigenvalue weighted by atomic mass is 10.1. The van der Waals surface area contributed by atoms with Crippen molar-refractivity contribution in [1.82, 2.24) is 5.32 Å². The van der Waals surface area contributed by atoms with E-state index in [9.17, 15) is 0 Å². The molecule has 0 saturated heterocycles. The fourth-order valence-corrected chi connectivity index (χ4v) is 1.27. The maximum atomic E-state index is 5.78. The van der Waals surface area contributed by atoms with Crippen LogP contribution in [0.4, 0.5) is 0 Å². The summed E-state index contributed by atoms with van der Waals surface area (Å²) >= 11 is 5.78. The van der Waals surface area contributed by atoms with Gasteiger partial charge in [-0.2, -0.15) is 0 Å². The second-order valence-electron chi connectivity index (χ2n) is 3.60. The van der Waals surface area contributed by atoms with Gasteiger partial charge < -0.3 is 11.1 Å². The molecule has 1 aromatic rings. The van der Waals surface area contributed by atoms with Crippen LogP contribution in [-0.2, 0) is 6.54 Å². The number of hydrogen-bond acceptors (Lipinski definition) is 2. The average molecular weight is 213 g/mol. The third kappa shape index (κ3) is 4.09. The SMILES string of the molecule is CC(CN)CNCc1ccc(Cl)cc1. The number of nitrogens with two attached hydrogens (primary N) is 1. The second-order valence-corrected chi connectivity index (χ2v) is 4.03. The number of hydrogen-bond donors (Lipinski definition) is 2. The molecular formula is C11H17ClN2. The highest BCUT2D eigenvalue weighted by molar-refractivity contribution is 6.30.